The molecule has 130 valence electrons. The fourth-order valence-electron chi connectivity index (χ4n) is 2.31. The molecule has 6 heteroatoms. The van der Waals surface area contributed by atoms with Crippen molar-refractivity contribution in [1.82, 2.24) is 0 Å². The van der Waals surface area contributed by atoms with E-state index in [0.29, 0.717) is 27.2 Å². The van der Waals surface area contributed by atoms with Crippen LogP contribution in [0.15, 0.2) is 51.7 Å². The zero-order valence-corrected chi connectivity index (χ0v) is 15.7. The van der Waals surface area contributed by atoms with E-state index in [9.17, 15) is 9.59 Å². The molecule has 2 rings (SSSR count). The Morgan fingerprint density at radius 3 is 2.56 bits per heavy atom. The molecule has 0 aromatic heterocycles. The van der Waals surface area contributed by atoms with Crippen molar-refractivity contribution in [3.05, 3.63) is 68.3 Å². The summed E-state index contributed by atoms with van der Waals surface area (Å²) in [6, 6.07) is 10.2. The molecule has 0 bridgehead atoms. The van der Waals surface area contributed by atoms with Crippen LogP contribution < -0.4 is 20.2 Å². The smallest absolute Gasteiger partial charge is 0.212 e. The number of benzene rings is 1. The molecule has 0 unspecified atom stereocenters. The second-order valence-corrected chi connectivity index (χ2v) is 5.97. The highest BCUT2D eigenvalue weighted by molar-refractivity contribution is 9.10. The number of methoxy groups -OCH3 is 2. The van der Waals surface area contributed by atoms with Gasteiger partial charge < -0.3 is 14.8 Å². The summed E-state index contributed by atoms with van der Waals surface area (Å²) in [6.07, 6.45) is 2.95. The lowest BCUT2D eigenvalue weighted by Crippen LogP contribution is -2.14. The van der Waals surface area contributed by atoms with Gasteiger partial charge >= 0.3 is 0 Å². The molecule has 0 aliphatic rings. The molecule has 0 saturated heterocycles. The van der Waals surface area contributed by atoms with Gasteiger partial charge in [-0.3, -0.25) is 9.59 Å². The number of rotatable bonds is 6. The highest BCUT2D eigenvalue weighted by Crippen LogP contribution is 2.31. The number of ether oxygens (including phenoxy) is 2. The number of para-hydroxylation sites is 1. The molecule has 25 heavy (non-hydrogen) atoms. The van der Waals surface area contributed by atoms with Gasteiger partial charge in [0.1, 0.15) is 0 Å². The zero-order chi connectivity index (χ0) is 18.4. The van der Waals surface area contributed by atoms with Gasteiger partial charge in [0.25, 0.3) is 0 Å². The summed E-state index contributed by atoms with van der Waals surface area (Å²) in [7, 11) is 4.71. The number of anilines is 1. The average Bonchev–Trinajstić information content (AvgIpc) is 2.77. The van der Waals surface area contributed by atoms with E-state index in [1.807, 2.05) is 0 Å². The number of ketones is 1. The van der Waals surface area contributed by atoms with Crippen LogP contribution in [0.2, 0.25) is 0 Å². The Morgan fingerprint density at radius 1 is 1.16 bits per heavy atom. The summed E-state index contributed by atoms with van der Waals surface area (Å²) in [5.74, 6) is 0.684. The van der Waals surface area contributed by atoms with Gasteiger partial charge in [0.05, 0.1) is 25.5 Å². The van der Waals surface area contributed by atoms with Crippen LogP contribution in [0, 0.1) is 0 Å². The first-order valence-corrected chi connectivity index (χ1v) is 8.26. The summed E-state index contributed by atoms with van der Waals surface area (Å²) >= 11 is 3.32. The highest BCUT2D eigenvalue weighted by Gasteiger charge is 2.11. The third-order valence-corrected chi connectivity index (χ3v) is 4.06. The molecule has 0 saturated carbocycles. The molecule has 1 N–H and O–H groups in total. The standard InChI is InChI=1S/C19H18BrNO4/c1-21-15-9-8-13(20)11-14(18(15)23)16(22)10-7-12-5-4-6-17(24-2)19(12)25-3/h4-11H,1-3H3,(H,21,23). The van der Waals surface area contributed by atoms with Crippen LogP contribution in [0.25, 0.3) is 6.08 Å². The molecular formula is C19H18BrNO4. The summed E-state index contributed by atoms with van der Waals surface area (Å²) in [5.41, 5.74) is 0.733. The lowest BCUT2D eigenvalue weighted by Gasteiger charge is -2.09. The Morgan fingerprint density at radius 2 is 1.92 bits per heavy atom. The number of allylic oxidation sites excluding steroid dienone is 1. The van der Waals surface area contributed by atoms with E-state index in [4.69, 9.17) is 9.47 Å². The number of hydrogen-bond acceptors (Lipinski definition) is 5. The highest BCUT2D eigenvalue weighted by atomic mass is 79.9. The third kappa shape index (κ3) is 4.28. The molecule has 0 fully saturated rings. The van der Waals surface area contributed by atoms with Crippen molar-refractivity contribution in [2.75, 3.05) is 26.6 Å². The quantitative estimate of drug-likeness (QED) is 0.587. The molecule has 0 spiro atoms. The molecule has 0 aliphatic heterocycles. The molecule has 0 heterocycles. The Bertz CT molecular complexity index is 878. The molecule has 2 aromatic rings. The summed E-state index contributed by atoms with van der Waals surface area (Å²) in [6.45, 7) is 0. The monoisotopic (exact) mass is 403 g/mol. The minimum Gasteiger partial charge on any atom is -0.493 e. The van der Waals surface area contributed by atoms with Crippen molar-refractivity contribution in [3.63, 3.8) is 0 Å². The van der Waals surface area contributed by atoms with E-state index >= 15 is 0 Å². The molecule has 0 radical (unpaired) electrons. The van der Waals surface area contributed by atoms with Gasteiger partial charge in [0.15, 0.2) is 17.3 Å². The number of nitrogens with one attached hydrogen (secondary N) is 1. The van der Waals surface area contributed by atoms with E-state index in [2.05, 4.69) is 21.2 Å². The zero-order valence-electron chi connectivity index (χ0n) is 14.1. The maximum Gasteiger partial charge on any atom is 0.212 e. The molecular weight excluding hydrogens is 386 g/mol. The largest absolute Gasteiger partial charge is 0.493 e. The van der Waals surface area contributed by atoms with Crippen LogP contribution in [-0.2, 0) is 0 Å². The van der Waals surface area contributed by atoms with Crippen LogP contribution in [0.3, 0.4) is 0 Å². The summed E-state index contributed by atoms with van der Waals surface area (Å²) in [5, 5.41) is 2.80. The summed E-state index contributed by atoms with van der Waals surface area (Å²) < 4.78 is 11.2. The van der Waals surface area contributed by atoms with Gasteiger partial charge in [-0.1, -0.05) is 28.1 Å². The average molecular weight is 404 g/mol. The van der Waals surface area contributed by atoms with Crippen LogP contribution >= 0.6 is 15.9 Å². The topological polar surface area (TPSA) is 64.6 Å². The van der Waals surface area contributed by atoms with E-state index in [0.717, 1.165) is 0 Å². The maximum absolute atomic E-state index is 12.5. The number of carbonyl (C=O) groups is 1. The van der Waals surface area contributed by atoms with Gasteiger partial charge in [0, 0.05) is 17.1 Å². The number of carbonyl (C=O) groups excluding carboxylic acids is 1. The molecule has 5 nitrogen and oxygen atoms in total. The fraction of sp³-hybridized carbons (Fsp3) is 0.158. The maximum atomic E-state index is 12.5. The van der Waals surface area contributed by atoms with Gasteiger partial charge in [-0.25, -0.2) is 0 Å². The first-order chi connectivity index (χ1) is 12.0. The van der Waals surface area contributed by atoms with Gasteiger partial charge in [0.2, 0.25) is 5.43 Å². The van der Waals surface area contributed by atoms with E-state index < -0.39 is 5.78 Å². The molecule has 0 amide bonds. The Balaban J connectivity index is 2.45. The SMILES string of the molecule is CNc1ccc(Br)cc(C(=O)C=Cc2cccc(OC)c2OC)c1=O. The Kier molecular flexibility index (Phi) is 6.36. The van der Waals surface area contributed by atoms with Crippen molar-refractivity contribution < 1.29 is 14.3 Å². The minimum atomic E-state index is -0.400. The Labute approximate surface area is 154 Å². The van der Waals surface area contributed by atoms with E-state index in [1.54, 1.807) is 50.6 Å². The predicted molar refractivity (Wildman–Crippen MR) is 103 cm³/mol. The van der Waals surface area contributed by atoms with Crippen molar-refractivity contribution in [2.24, 2.45) is 0 Å². The molecule has 0 atom stereocenters. The van der Waals surface area contributed by atoms with E-state index in [1.165, 1.54) is 19.3 Å². The lowest BCUT2D eigenvalue weighted by molar-refractivity contribution is 0.104. The first kappa shape index (κ1) is 18.7. The van der Waals surface area contributed by atoms with Crippen molar-refractivity contribution >= 4 is 33.5 Å². The number of hydrogen-bond donors (Lipinski definition) is 1. The lowest BCUT2D eigenvalue weighted by atomic mass is 10.1. The van der Waals surface area contributed by atoms with Crippen molar-refractivity contribution in [2.45, 2.75) is 0 Å². The minimum absolute atomic E-state index is 0.0688. The second-order valence-electron chi connectivity index (χ2n) is 5.05. The van der Waals surface area contributed by atoms with Crippen molar-refractivity contribution in [3.8, 4) is 11.5 Å². The van der Waals surface area contributed by atoms with Gasteiger partial charge in [-0.15, -0.1) is 0 Å². The third-order valence-electron chi connectivity index (χ3n) is 3.56. The van der Waals surface area contributed by atoms with Crippen LogP contribution in [0.1, 0.15) is 15.9 Å². The normalized spacial score (nSPS) is 10.6. The van der Waals surface area contributed by atoms with Crippen LogP contribution in [0.5, 0.6) is 11.5 Å². The van der Waals surface area contributed by atoms with Crippen LogP contribution in [-0.4, -0.2) is 27.1 Å². The molecule has 2 aromatic carbocycles. The predicted octanol–water partition coefficient (Wildman–Crippen LogP) is 3.76. The van der Waals surface area contributed by atoms with Gasteiger partial charge in [-0.05, 0) is 36.4 Å². The fourth-order valence-corrected chi connectivity index (χ4v) is 2.67. The Hall–Kier alpha value is -2.60. The van der Waals surface area contributed by atoms with Crippen molar-refractivity contribution in [1.29, 1.82) is 0 Å². The summed E-state index contributed by atoms with van der Waals surface area (Å²) in [4.78, 5) is 25.0. The van der Waals surface area contributed by atoms with Gasteiger partial charge in [-0.2, -0.15) is 0 Å². The number of halogens is 1. The van der Waals surface area contributed by atoms with Crippen LogP contribution in [0.4, 0.5) is 5.69 Å². The van der Waals surface area contributed by atoms with E-state index in [-0.39, 0.29) is 11.0 Å². The first-order valence-electron chi connectivity index (χ1n) is 7.46. The second kappa shape index (κ2) is 8.48. The molecule has 0 aliphatic carbocycles.